The van der Waals surface area contributed by atoms with E-state index in [0.29, 0.717) is 11.4 Å². The minimum absolute atomic E-state index is 0.365. The van der Waals surface area contributed by atoms with Gasteiger partial charge in [-0.3, -0.25) is 14.4 Å². The summed E-state index contributed by atoms with van der Waals surface area (Å²) in [6.45, 7) is 0. The lowest BCUT2D eigenvalue weighted by atomic mass is 10.2. The Morgan fingerprint density at radius 1 is 1.47 bits per heavy atom. The molecule has 2 rings (SSSR count). The topological polar surface area (TPSA) is 83.9 Å². The molecule has 2 amide bonds. The fraction of sp³-hybridized carbons (Fsp3) is 0.250. The quantitative estimate of drug-likeness (QED) is 0.905. The van der Waals surface area contributed by atoms with E-state index in [0.717, 1.165) is 16.7 Å². The molecule has 0 aliphatic carbocycles. The van der Waals surface area contributed by atoms with Gasteiger partial charge in [-0.25, -0.2) is 4.90 Å². The van der Waals surface area contributed by atoms with Gasteiger partial charge in [-0.15, -0.1) is 0 Å². The fourth-order valence-corrected chi connectivity index (χ4v) is 2.70. The minimum Gasteiger partial charge on any atom is -0.497 e. The Balaban J connectivity index is 2.26. The number of ether oxygens (including phenoxy) is 1. The molecule has 1 N–H and O–H groups in total. The van der Waals surface area contributed by atoms with Crippen molar-refractivity contribution in [3.05, 3.63) is 24.3 Å². The number of carboxylic acids is 1. The van der Waals surface area contributed by atoms with Gasteiger partial charge in [0, 0.05) is 6.07 Å². The Morgan fingerprint density at radius 2 is 2.21 bits per heavy atom. The van der Waals surface area contributed by atoms with Crippen LogP contribution in [0.3, 0.4) is 0 Å². The smallest absolute Gasteiger partial charge is 0.305 e. The average Bonchev–Trinajstić information content (AvgIpc) is 2.64. The molecular weight excluding hydrogens is 270 g/mol. The maximum Gasteiger partial charge on any atom is 0.305 e. The zero-order chi connectivity index (χ0) is 14.0. The molecule has 1 saturated heterocycles. The summed E-state index contributed by atoms with van der Waals surface area (Å²) in [7, 11) is 1.48. The van der Waals surface area contributed by atoms with Gasteiger partial charge in [0.05, 0.1) is 19.2 Å². The van der Waals surface area contributed by atoms with Crippen LogP contribution in [0.1, 0.15) is 6.42 Å². The monoisotopic (exact) mass is 281 g/mol. The number of imide groups is 1. The molecule has 1 fully saturated rings. The lowest BCUT2D eigenvalue weighted by Crippen LogP contribution is -2.32. The second-order valence-electron chi connectivity index (χ2n) is 3.85. The number of aliphatic carboxylic acids is 1. The molecule has 7 heteroatoms. The SMILES string of the molecule is COc1cccc(N2C(=O)S[C@H](CC(=O)O)C2=O)c1. The van der Waals surface area contributed by atoms with E-state index in [9.17, 15) is 14.4 Å². The number of nitrogens with zero attached hydrogens (tertiary/aromatic N) is 1. The average molecular weight is 281 g/mol. The van der Waals surface area contributed by atoms with Crippen LogP contribution in [0.15, 0.2) is 24.3 Å². The highest BCUT2D eigenvalue weighted by Gasteiger charge is 2.41. The van der Waals surface area contributed by atoms with E-state index in [1.165, 1.54) is 7.11 Å². The number of hydrogen-bond donors (Lipinski definition) is 1. The van der Waals surface area contributed by atoms with Crippen molar-refractivity contribution in [2.45, 2.75) is 11.7 Å². The van der Waals surface area contributed by atoms with Crippen LogP contribution in [0.5, 0.6) is 5.75 Å². The van der Waals surface area contributed by atoms with E-state index >= 15 is 0 Å². The van der Waals surface area contributed by atoms with Crippen molar-refractivity contribution in [2.24, 2.45) is 0 Å². The van der Waals surface area contributed by atoms with E-state index in [1.54, 1.807) is 24.3 Å². The number of carbonyl (C=O) groups excluding carboxylic acids is 2. The van der Waals surface area contributed by atoms with E-state index in [2.05, 4.69) is 0 Å². The van der Waals surface area contributed by atoms with Crippen LogP contribution in [0, 0.1) is 0 Å². The molecule has 6 nitrogen and oxygen atoms in total. The molecule has 1 aliphatic heterocycles. The third-order valence-corrected chi connectivity index (χ3v) is 3.63. The van der Waals surface area contributed by atoms with Gasteiger partial charge in [0.25, 0.3) is 5.24 Å². The third kappa shape index (κ3) is 2.70. The van der Waals surface area contributed by atoms with Crippen molar-refractivity contribution in [3.63, 3.8) is 0 Å². The predicted molar refractivity (Wildman–Crippen MR) is 69.5 cm³/mol. The first-order valence-electron chi connectivity index (χ1n) is 5.43. The molecule has 1 aromatic rings. The van der Waals surface area contributed by atoms with Crippen LogP contribution >= 0.6 is 11.8 Å². The summed E-state index contributed by atoms with van der Waals surface area (Å²) in [5.74, 6) is -1.10. The zero-order valence-electron chi connectivity index (χ0n) is 10.0. The van der Waals surface area contributed by atoms with Crippen molar-refractivity contribution in [1.82, 2.24) is 0 Å². The molecule has 0 radical (unpaired) electrons. The number of hydrogen-bond acceptors (Lipinski definition) is 5. The molecule has 1 atom stereocenters. The minimum atomic E-state index is -1.11. The van der Waals surface area contributed by atoms with Crippen molar-refractivity contribution < 1.29 is 24.2 Å². The number of carboxylic acid groups (broad SMARTS) is 1. The van der Waals surface area contributed by atoms with Crippen molar-refractivity contribution in [2.75, 3.05) is 12.0 Å². The van der Waals surface area contributed by atoms with Crippen LogP contribution in [0.25, 0.3) is 0 Å². The van der Waals surface area contributed by atoms with E-state index < -0.39 is 22.4 Å². The summed E-state index contributed by atoms with van der Waals surface area (Å²) >= 11 is 0.734. The molecule has 0 saturated carbocycles. The van der Waals surface area contributed by atoms with Gasteiger partial charge in [-0.05, 0) is 23.9 Å². The first-order chi connectivity index (χ1) is 9.02. The molecule has 100 valence electrons. The molecule has 0 bridgehead atoms. The molecule has 1 aromatic carbocycles. The van der Waals surface area contributed by atoms with Gasteiger partial charge in [0.1, 0.15) is 11.0 Å². The third-order valence-electron chi connectivity index (χ3n) is 2.59. The summed E-state index contributed by atoms with van der Waals surface area (Å²) in [4.78, 5) is 35.5. The van der Waals surface area contributed by atoms with E-state index in [-0.39, 0.29) is 6.42 Å². The van der Waals surface area contributed by atoms with Gasteiger partial charge in [-0.1, -0.05) is 6.07 Å². The van der Waals surface area contributed by atoms with Gasteiger partial charge in [0.15, 0.2) is 0 Å². The van der Waals surface area contributed by atoms with Crippen LogP contribution in [0.2, 0.25) is 0 Å². The summed E-state index contributed by atoms with van der Waals surface area (Å²) in [6, 6.07) is 6.50. The van der Waals surface area contributed by atoms with Gasteiger partial charge in [0.2, 0.25) is 5.91 Å². The Kier molecular flexibility index (Phi) is 3.75. The van der Waals surface area contributed by atoms with Crippen molar-refractivity contribution in [3.8, 4) is 5.75 Å². The van der Waals surface area contributed by atoms with Crippen LogP contribution < -0.4 is 9.64 Å². The Bertz CT molecular complexity index is 545. The van der Waals surface area contributed by atoms with E-state index in [4.69, 9.17) is 9.84 Å². The number of anilines is 1. The molecule has 0 unspecified atom stereocenters. The first-order valence-corrected chi connectivity index (χ1v) is 6.31. The highest BCUT2D eigenvalue weighted by atomic mass is 32.2. The van der Waals surface area contributed by atoms with Gasteiger partial charge >= 0.3 is 5.97 Å². The lowest BCUT2D eigenvalue weighted by Gasteiger charge is -2.14. The lowest BCUT2D eigenvalue weighted by molar-refractivity contribution is -0.138. The van der Waals surface area contributed by atoms with Gasteiger partial charge in [-0.2, -0.15) is 0 Å². The highest BCUT2D eigenvalue weighted by Crippen LogP contribution is 2.34. The molecule has 0 aromatic heterocycles. The first kappa shape index (κ1) is 13.4. The maximum absolute atomic E-state index is 12.0. The summed E-state index contributed by atoms with van der Waals surface area (Å²) < 4.78 is 5.03. The fourth-order valence-electron chi connectivity index (χ4n) is 1.73. The Morgan fingerprint density at radius 3 is 2.84 bits per heavy atom. The van der Waals surface area contributed by atoms with Crippen LogP contribution in [0.4, 0.5) is 10.5 Å². The van der Waals surface area contributed by atoms with Crippen molar-refractivity contribution >= 4 is 34.6 Å². The Labute approximate surface area is 113 Å². The van der Waals surface area contributed by atoms with E-state index in [1.807, 2.05) is 0 Å². The summed E-state index contributed by atoms with van der Waals surface area (Å²) in [6.07, 6.45) is -0.365. The summed E-state index contributed by atoms with van der Waals surface area (Å²) in [5.41, 5.74) is 0.384. The second kappa shape index (κ2) is 5.31. The number of amides is 2. The highest BCUT2D eigenvalue weighted by molar-refractivity contribution is 8.15. The number of carbonyl (C=O) groups is 3. The molecule has 19 heavy (non-hydrogen) atoms. The Hall–Kier alpha value is -2.02. The van der Waals surface area contributed by atoms with Gasteiger partial charge < -0.3 is 9.84 Å². The number of methoxy groups -OCH3 is 1. The van der Waals surface area contributed by atoms with Crippen molar-refractivity contribution in [1.29, 1.82) is 0 Å². The second-order valence-corrected chi connectivity index (χ2v) is 5.00. The normalized spacial score (nSPS) is 18.8. The number of thioether (sulfide) groups is 1. The maximum atomic E-state index is 12.0. The van der Waals surface area contributed by atoms with Crippen LogP contribution in [-0.2, 0) is 9.59 Å². The predicted octanol–water partition coefficient (Wildman–Crippen LogP) is 1.74. The largest absolute Gasteiger partial charge is 0.497 e. The zero-order valence-corrected chi connectivity index (χ0v) is 10.8. The molecule has 1 heterocycles. The number of rotatable bonds is 4. The summed E-state index contributed by atoms with van der Waals surface area (Å²) in [5, 5.41) is 7.37. The standard InChI is InChI=1S/C12H11NO5S/c1-18-8-4-2-3-7(5-8)13-11(16)9(6-10(14)15)19-12(13)17/h2-5,9H,6H2,1H3,(H,14,15)/t9-/m1/s1. The molecule has 0 spiro atoms. The molecule has 1 aliphatic rings. The molecular formula is C12H11NO5S. The number of benzene rings is 1. The van der Waals surface area contributed by atoms with Crippen LogP contribution in [-0.4, -0.2) is 34.6 Å².